The van der Waals surface area contributed by atoms with Gasteiger partial charge in [-0.2, -0.15) is 0 Å². The van der Waals surface area contributed by atoms with Crippen molar-refractivity contribution in [1.29, 1.82) is 0 Å². The number of hydrogen-bond donors (Lipinski definition) is 3. The Kier molecular flexibility index (Phi) is 5.52. The molecule has 0 saturated heterocycles. The highest BCUT2D eigenvalue weighted by molar-refractivity contribution is 6.06. The Hall–Kier alpha value is -4.14. The van der Waals surface area contributed by atoms with Crippen LogP contribution in [0.15, 0.2) is 53.8 Å². The molecule has 0 saturated carbocycles. The number of anilines is 1. The van der Waals surface area contributed by atoms with Gasteiger partial charge in [0.25, 0.3) is 11.5 Å². The summed E-state index contributed by atoms with van der Waals surface area (Å²) in [7, 11) is 1.60. The van der Waals surface area contributed by atoms with Crippen LogP contribution in [-0.2, 0) is 0 Å². The Labute approximate surface area is 185 Å². The lowest BCUT2D eigenvalue weighted by molar-refractivity contribution is 0.0964. The summed E-state index contributed by atoms with van der Waals surface area (Å²) in [6, 6.07) is 9.12. The number of fused-ring (bicyclic) bond motifs is 1. The first-order chi connectivity index (χ1) is 15.9. The average Bonchev–Trinajstić information content (AvgIpc) is 2.81. The summed E-state index contributed by atoms with van der Waals surface area (Å²) in [5.74, 6) is 0.771. The van der Waals surface area contributed by atoms with E-state index in [1.807, 2.05) is 18.2 Å². The van der Waals surface area contributed by atoms with E-state index in [1.165, 1.54) is 6.33 Å². The van der Waals surface area contributed by atoms with Crippen molar-refractivity contribution in [1.82, 2.24) is 30.2 Å². The number of nitrogens with one attached hydrogen (secondary N) is 3. The molecule has 4 aromatic rings. The normalized spacial score (nSPS) is 12.3. The van der Waals surface area contributed by atoms with Crippen molar-refractivity contribution in [2.24, 2.45) is 0 Å². The number of carbonyl (C=O) groups is 1. The maximum Gasteiger partial charge on any atom is 0.260 e. The van der Waals surface area contributed by atoms with Crippen LogP contribution < -0.4 is 16.2 Å². The number of rotatable bonds is 6. The number of para-hydroxylation sites is 1. The molecule has 0 radical (unpaired) electrons. The zero-order valence-electron chi connectivity index (χ0n) is 18.9. The fourth-order valence-corrected chi connectivity index (χ4v) is 3.51. The molecular formula is C23H23N7O2. The lowest BCUT2D eigenvalue weighted by Crippen LogP contribution is -2.18. The van der Waals surface area contributed by atoms with Gasteiger partial charge in [0.05, 0.1) is 23.7 Å². The molecule has 0 bridgehead atoms. The molecule has 32 heavy (non-hydrogen) atoms. The summed E-state index contributed by atoms with van der Waals surface area (Å²) >= 11 is 0. The number of nitrogens with zero attached hydrogens (tertiary/aromatic N) is 4. The number of benzene rings is 1. The highest BCUT2D eigenvalue weighted by Gasteiger charge is 2.15. The summed E-state index contributed by atoms with van der Waals surface area (Å²) in [6.07, 6.45) is 2.85. The van der Waals surface area contributed by atoms with Gasteiger partial charge in [0, 0.05) is 43.3 Å². The lowest BCUT2D eigenvalue weighted by Gasteiger charge is -2.16. The van der Waals surface area contributed by atoms with E-state index in [1.54, 1.807) is 32.3 Å². The monoisotopic (exact) mass is 430 g/mol. The van der Waals surface area contributed by atoms with E-state index in [0.29, 0.717) is 29.4 Å². The third-order valence-corrected chi connectivity index (χ3v) is 5.17. The number of H-pyrrole nitrogens is 1. The van der Waals surface area contributed by atoms with Gasteiger partial charge in [0.1, 0.15) is 18.0 Å². The third-order valence-electron chi connectivity index (χ3n) is 5.17. The van der Waals surface area contributed by atoms with Crippen molar-refractivity contribution in [3.8, 4) is 11.3 Å². The van der Waals surface area contributed by atoms with E-state index in [2.05, 4.69) is 42.5 Å². The van der Waals surface area contributed by atoms with Crippen molar-refractivity contribution in [3.05, 3.63) is 76.3 Å². The summed E-state index contributed by atoms with van der Waals surface area (Å²) in [5, 5.41) is 6.72. The Bertz CT molecular complexity index is 1400. The molecule has 0 aliphatic heterocycles. The number of hydrogen-bond acceptors (Lipinski definition) is 7. The van der Waals surface area contributed by atoms with Gasteiger partial charge < -0.3 is 15.6 Å². The molecule has 9 nitrogen and oxygen atoms in total. The minimum Gasteiger partial charge on any atom is -0.369 e. The van der Waals surface area contributed by atoms with E-state index >= 15 is 0 Å². The summed E-state index contributed by atoms with van der Waals surface area (Å²) in [5.41, 5.74) is 2.34. The summed E-state index contributed by atoms with van der Waals surface area (Å²) < 4.78 is 8.03. The molecule has 0 spiro atoms. The van der Waals surface area contributed by atoms with Gasteiger partial charge in [-0.3, -0.25) is 14.6 Å². The molecule has 162 valence electrons. The highest BCUT2D eigenvalue weighted by Crippen LogP contribution is 2.26. The van der Waals surface area contributed by atoms with Gasteiger partial charge >= 0.3 is 0 Å². The van der Waals surface area contributed by atoms with Gasteiger partial charge in [-0.1, -0.05) is 25.1 Å². The molecule has 1 atom stereocenters. The average molecular weight is 430 g/mol. The molecule has 4 rings (SSSR count). The maximum atomic E-state index is 12.3. The second kappa shape index (κ2) is 8.93. The second-order valence-corrected chi connectivity index (χ2v) is 7.39. The lowest BCUT2D eigenvalue weighted by atomic mass is 9.96. The van der Waals surface area contributed by atoms with Crippen molar-refractivity contribution >= 4 is 22.6 Å². The molecule has 1 amide bonds. The van der Waals surface area contributed by atoms with Gasteiger partial charge in [-0.15, -0.1) is 0 Å². The number of aryl methyl sites for hydroxylation is 1. The minimum absolute atomic E-state index is 0.0377. The number of pyridine rings is 1. The van der Waals surface area contributed by atoms with E-state index < -0.39 is 5.56 Å². The standard InChI is InChI=1S/C23H23N7O2/c1-13(15-5-4-6-16-17(22(31)24-3)7-8-25-21(15)16)10-27-20-9-19(28-12-29-20)18-11-26-14(2)30-23(18)32/h4-9,11-13H,10H2,1-3H3,(H,24,31)(H,26,30,32)(H,27,28,29)/t13-/m1/s1/i11D. The van der Waals surface area contributed by atoms with Crippen LogP contribution in [0.2, 0.25) is 0 Å². The molecule has 0 aliphatic rings. The molecule has 3 aromatic heterocycles. The molecule has 0 unspecified atom stereocenters. The van der Waals surface area contributed by atoms with Gasteiger partial charge in [0.15, 0.2) is 0 Å². The van der Waals surface area contributed by atoms with Crippen molar-refractivity contribution < 1.29 is 6.17 Å². The smallest absolute Gasteiger partial charge is 0.260 e. The largest absolute Gasteiger partial charge is 0.369 e. The Morgan fingerprint density at radius 2 is 2.06 bits per heavy atom. The van der Waals surface area contributed by atoms with Crippen LogP contribution in [0.4, 0.5) is 5.82 Å². The van der Waals surface area contributed by atoms with Crippen LogP contribution in [0.3, 0.4) is 0 Å². The molecule has 0 aliphatic carbocycles. The summed E-state index contributed by atoms with van der Waals surface area (Å²) in [6.45, 7) is 4.20. The first kappa shape index (κ1) is 19.8. The first-order valence-corrected chi connectivity index (χ1v) is 10.1. The van der Waals surface area contributed by atoms with Crippen molar-refractivity contribution in [2.75, 3.05) is 18.9 Å². The highest BCUT2D eigenvalue weighted by atomic mass is 16.1. The van der Waals surface area contributed by atoms with Crippen LogP contribution in [0.5, 0.6) is 0 Å². The maximum absolute atomic E-state index is 12.3. The van der Waals surface area contributed by atoms with Gasteiger partial charge in [0.2, 0.25) is 0 Å². The van der Waals surface area contributed by atoms with Crippen molar-refractivity contribution in [2.45, 2.75) is 19.8 Å². The van der Waals surface area contributed by atoms with E-state index in [9.17, 15) is 9.59 Å². The predicted molar refractivity (Wildman–Crippen MR) is 123 cm³/mol. The second-order valence-electron chi connectivity index (χ2n) is 7.39. The fourth-order valence-electron chi connectivity index (χ4n) is 3.51. The third kappa shape index (κ3) is 4.18. The Morgan fingerprint density at radius 3 is 2.84 bits per heavy atom. The summed E-state index contributed by atoms with van der Waals surface area (Å²) in [4.78, 5) is 44.0. The molecule has 1 aromatic carbocycles. The van der Waals surface area contributed by atoms with E-state index in [4.69, 9.17) is 1.37 Å². The van der Waals surface area contributed by atoms with Crippen LogP contribution in [0, 0.1) is 6.92 Å². The Balaban J connectivity index is 1.59. The van der Waals surface area contributed by atoms with Gasteiger partial charge in [-0.05, 0) is 18.6 Å². The quantitative estimate of drug-likeness (QED) is 0.429. The Morgan fingerprint density at radius 1 is 1.22 bits per heavy atom. The molecule has 9 heteroatoms. The SMILES string of the molecule is [2H]c1nc(C)[nH]c(=O)c1-c1cc(NC[C@@H](C)c2cccc3c(C(=O)NC)ccnc23)ncn1. The molecule has 0 fully saturated rings. The van der Waals surface area contributed by atoms with Crippen LogP contribution >= 0.6 is 0 Å². The number of carbonyl (C=O) groups excluding carboxylic acids is 1. The zero-order valence-corrected chi connectivity index (χ0v) is 17.9. The number of amides is 1. The first-order valence-electron chi connectivity index (χ1n) is 10.6. The predicted octanol–water partition coefficient (Wildman–Crippen LogP) is 2.66. The zero-order chi connectivity index (χ0) is 23.5. The van der Waals surface area contributed by atoms with Crippen LogP contribution in [-0.4, -0.2) is 44.4 Å². The van der Waals surface area contributed by atoms with Crippen LogP contribution in [0.25, 0.3) is 22.2 Å². The van der Waals surface area contributed by atoms with Crippen LogP contribution in [0.1, 0.15) is 36.0 Å². The number of aromatic nitrogens is 5. The minimum atomic E-state index is -0.417. The van der Waals surface area contributed by atoms with E-state index in [-0.39, 0.29) is 23.6 Å². The topological polar surface area (TPSA) is 126 Å². The molecule has 3 heterocycles. The van der Waals surface area contributed by atoms with Gasteiger partial charge in [-0.25, -0.2) is 15.0 Å². The molecular weight excluding hydrogens is 406 g/mol. The van der Waals surface area contributed by atoms with Crippen molar-refractivity contribution in [3.63, 3.8) is 0 Å². The number of aromatic amines is 1. The fraction of sp³-hybridized carbons (Fsp3) is 0.217. The van der Waals surface area contributed by atoms with E-state index in [0.717, 1.165) is 16.5 Å². The molecule has 3 N–H and O–H groups in total.